The number of benzene rings is 4. The Kier molecular flexibility index (Phi) is 7.96. The molecule has 1 aliphatic heterocycles. The van der Waals surface area contributed by atoms with E-state index in [4.69, 9.17) is 18.9 Å². The Morgan fingerprint density at radius 3 is 2.10 bits per heavy atom. The van der Waals surface area contributed by atoms with Crippen molar-refractivity contribution in [1.29, 1.82) is 0 Å². The molecule has 1 fully saturated rings. The lowest BCUT2D eigenvalue weighted by Gasteiger charge is -2.26. The number of amides is 4. The van der Waals surface area contributed by atoms with Gasteiger partial charge in [-0.1, -0.05) is 36.4 Å². The first kappa shape index (κ1) is 27.0. The van der Waals surface area contributed by atoms with Crippen molar-refractivity contribution in [3.8, 4) is 28.7 Å². The van der Waals surface area contributed by atoms with Crippen molar-refractivity contribution in [2.24, 2.45) is 0 Å². The van der Waals surface area contributed by atoms with Crippen LogP contribution in [0.4, 0.5) is 10.5 Å². The first-order valence-electron chi connectivity index (χ1n) is 12.6. The number of hydrogen-bond acceptors (Lipinski definition) is 7. The van der Waals surface area contributed by atoms with Crippen LogP contribution in [0.5, 0.6) is 28.7 Å². The zero-order chi connectivity index (χ0) is 28.8. The summed E-state index contributed by atoms with van der Waals surface area (Å²) < 4.78 is 22.3. The summed E-state index contributed by atoms with van der Waals surface area (Å²) in [7, 11) is 3.10. The quantitative estimate of drug-likeness (QED) is 0.209. The van der Waals surface area contributed by atoms with Crippen LogP contribution in [-0.4, -0.2) is 32.1 Å². The lowest BCUT2D eigenvalue weighted by atomic mass is 10.1. The minimum Gasteiger partial charge on any atom is -0.497 e. The van der Waals surface area contributed by atoms with Gasteiger partial charge in [0.15, 0.2) is 11.5 Å². The fourth-order valence-electron chi connectivity index (χ4n) is 4.12. The Balaban J connectivity index is 1.33. The van der Waals surface area contributed by atoms with Crippen molar-refractivity contribution in [1.82, 2.24) is 5.32 Å². The van der Waals surface area contributed by atoms with E-state index >= 15 is 0 Å². The first-order valence-corrected chi connectivity index (χ1v) is 12.6. The topological polar surface area (TPSA) is 103 Å². The van der Waals surface area contributed by atoms with Crippen LogP contribution in [0, 0.1) is 0 Å². The number of nitrogens with one attached hydrogen (secondary N) is 1. The van der Waals surface area contributed by atoms with Crippen LogP contribution >= 0.6 is 0 Å². The number of hydrogen-bond donors (Lipinski definition) is 1. The molecule has 206 valence electrons. The molecule has 0 spiro atoms. The number of rotatable bonds is 9. The van der Waals surface area contributed by atoms with Crippen molar-refractivity contribution in [2.75, 3.05) is 19.1 Å². The summed E-state index contributed by atoms with van der Waals surface area (Å²) in [6, 6.07) is 27.3. The van der Waals surface area contributed by atoms with Crippen molar-refractivity contribution in [3.05, 3.63) is 114 Å². The highest BCUT2D eigenvalue weighted by Gasteiger charge is 2.36. The fourth-order valence-corrected chi connectivity index (χ4v) is 4.12. The Hall–Kier alpha value is -5.57. The van der Waals surface area contributed by atoms with Crippen molar-refractivity contribution >= 4 is 29.6 Å². The molecule has 0 bridgehead atoms. The van der Waals surface area contributed by atoms with Gasteiger partial charge in [-0.05, 0) is 77.9 Å². The zero-order valence-corrected chi connectivity index (χ0v) is 22.3. The van der Waals surface area contributed by atoms with Crippen LogP contribution in [0.25, 0.3) is 6.08 Å². The van der Waals surface area contributed by atoms with E-state index < -0.39 is 17.8 Å². The molecule has 1 heterocycles. The van der Waals surface area contributed by atoms with Crippen molar-refractivity contribution in [2.45, 2.75) is 6.61 Å². The van der Waals surface area contributed by atoms with E-state index in [-0.39, 0.29) is 11.3 Å². The summed E-state index contributed by atoms with van der Waals surface area (Å²) in [5.41, 5.74) is 1.53. The number of urea groups is 1. The largest absolute Gasteiger partial charge is 0.497 e. The van der Waals surface area contributed by atoms with Crippen LogP contribution < -0.4 is 29.2 Å². The lowest BCUT2D eigenvalue weighted by Crippen LogP contribution is -2.54. The number of nitrogens with zero attached hydrogens (tertiary/aromatic N) is 1. The minimum atomic E-state index is -0.839. The van der Waals surface area contributed by atoms with Crippen LogP contribution in [-0.2, 0) is 16.2 Å². The summed E-state index contributed by atoms with van der Waals surface area (Å²) in [5.74, 6) is 1.28. The highest BCUT2D eigenvalue weighted by molar-refractivity contribution is 6.39. The summed E-state index contributed by atoms with van der Waals surface area (Å²) in [6.45, 7) is 0.300. The van der Waals surface area contributed by atoms with E-state index in [9.17, 15) is 14.4 Å². The van der Waals surface area contributed by atoms with Gasteiger partial charge in [0.2, 0.25) is 0 Å². The molecule has 4 aromatic carbocycles. The van der Waals surface area contributed by atoms with E-state index in [0.29, 0.717) is 35.2 Å². The number of anilines is 1. The molecule has 0 aromatic heterocycles. The number of imide groups is 2. The third-order valence-electron chi connectivity index (χ3n) is 6.23. The highest BCUT2D eigenvalue weighted by Crippen LogP contribution is 2.31. The third kappa shape index (κ3) is 6.20. The van der Waals surface area contributed by atoms with Crippen LogP contribution in [0.1, 0.15) is 11.1 Å². The molecular formula is C32H26N2O7. The van der Waals surface area contributed by atoms with Gasteiger partial charge in [-0.15, -0.1) is 0 Å². The predicted molar refractivity (Wildman–Crippen MR) is 152 cm³/mol. The molecule has 4 amide bonds. The van der Waals surface area contributed by atoms with Gasteiger partial charge in [0.1, 0.15) is 29.4 Å². The van der Waals surface area contributed by atoms with Crippen LogP contribution in [0.15, 0.2) is 103 Å². The van der Waals surface area contributed by atoms with Crippen molar-refractivity contribution < 1.29 is 33.3 Å². The number of methoxy groups -OCH3 is 2. The van der Waals surface area contributed by atoms with Crippen molar-refractivity contribution in [3.63, 3.8) is 0 Å². The van der Waals surface area contributed by atoms with Gasteiger partial charge in [0, 0.05) is 0 Å². The zero-order valence-electron chi connectivity index (χ0n) is 22.3. The molecule has 0 unspecified atom stereocenters. The number of ether oxygens (including phenoxy) is 4. The molecule has 1 N–H and O–H groups in total. The average molecular weight is 551 g/mol. The molecule has 5 rings (SSSR count). The molecule has 0 saturated carbocycles. The maximum Gasteiger partial charge on any atom is 0.335 e. The second kappa shape index (κ2) is 12.1. The molecule has 1 aliphatic rings. The smallest absolute Gasteiger partial charge is 0.335 e. The van der Waals surface area contributed by atoms with E-state index in [2.05, 4.69) is 5.32 Å². The molecule has 1 saturated heterocycles. The second-order valence-electron chi connectivity index (χ2n) is 8.91. The Labute approximate surface area is 236 Å². The second-order valence-corrected chi connectivity index (χ2v) is 8.91. The molecule has 9 heteroatoms. The van der Waals surface area contributed by atoms with E-state index in [1.807, 2.05) is 54.6 Å². The predicted octanol–water partition coefficient (Wildman–Crippen LogP) is 5.74. The standard InChI is InChI=1S/C32H26N2O7/c1-38-24-13-8-21(9-14-24)20-40-28-17-10-22(19-29(28)39-2)18-27-30(35)33-32(37)34(31(27)36)23-11-15-26(16-12-23)41-25-6-4-3-5-7-25/h3-19H,20H2,1-2H3,(H,33,35,37). The first-order chi connectivity index (χ1) is 19.9. The van der Waals surface area contributed by atoms with Gasteiger partial charge in [0.25, 0.3) is 11.8 Å². The molecular weight excluding hydrogens is 524 g/mol. The molecule has 9 nitrogen and oxygen atoms in total. The number of carbonyl (C=O) groups excluding carboxylic acids is 3. The SMILES string of the molecule is COc1ccc(COc2ccc(C=C3C(=O)NC(=O)N(c4ccc(Oc5ccccc5)cc4)C3=O)cc2OC)cc1. The molecule has 4 aromatic rings. The maximum atomic E-state index is 13.3. The highest BCUT2D eigenvalue weighted by atomic mass is 16.5. The van der Waals surface area contributed by atoms with Gasteiger partial charge in [-0.3, -0.25) is 14.9 Å². The summed E-state index contributed by atoms with van der Waals surface area (Å²) in [5, 5.41) is 2.23. The monoisotopic (exact) mass is 550 g/mol. The number of barbiturate groups is 1. The van der Waals surface area contributed by atoms with Gasteiger partial charge >= 0.3 is 6.03 Å². The molecule has 0 aliphatic carbocycles. The van der Waals surface area contributed by atoms with Crippen LogP contribution in [0.3, 0.4) is 0 Å². The molecule has 41 heavy (non-hydrogen) atoms. The Bertz CT molecular complexity index is 1600. The van der Waals surface area contributed by atoms with Gasteiger partial charge in [-0.25, -0.2) is 9.69 Å². The van der Waals surface area contributed by atoms with Gasteiger partial charge < -0.3 is 18.9 Å². The number of carbonyl (C=O) groups is 3. The normalized spacial score (nSPS) is 14.0. The maximum absolute atomic E-state index is 13.3. The summed E-state index contributed by atoms with van der Waals surface area (Å²) in [4.78, 5) is 39.5. The molecule has 0 radical (unpaired) electrons. The van der Waals surface area contributed by atoms with Crippen LogP contribution in [0.2, 0.25) is 0 Å². The number of para-hydroxylation sites is 1. The average Bonchev–Trinajstić information content (AvgIpc) is 3.00. The third-order valence-corrected chi connectivity index (χ3v) is 6.23. The minimum absolute atomic E-state index is 0.205. The van der Waals surface area contributed by atoms with E-state index in [0.717, 1.165) is 16.2 Å². The van der Waals surface area contributed by atoms with Gasteiger partial charge in [0.05, 0.1) is 19.9 Å². The molecule has 0 atom stereocenters. The fraction of sp³-hybridized carbons (Fsp3) is 0.0938. The Morgan fingerprint density at radius 1 is 0.732 bits per heavy atom. The van der Waals surface area contributed by atoms with E-state index in [1.165, 1.54) is 13.2 Å². The summed E-state index contributed by atoms with van der Waals surface area (Å²) >= 11 is 0. The summed E-state index contributed by atoms with van der Waals surface area (Å²) in [6.07, 6.45) is 1.40. The Morgan fingerprint density at radius 2 is 1.41 bits per heavy atom. The van der Waals surface area contributed by atoms with Gasteiger partial charge in [-0.2, -0.15) is 0 Å². The van der Waals surface area contributed by atoms with E-state index in [1.54, 1.807) is 49.6 Å². The lowest BCUT2D eigenvalue weighted by molar-refractivity contribution is -0.122.